The Bertz CT molecular complexity index is 1340. The van der Waals surface area contributed by atoms with Crippen LogP contribution in [0.2, 0.25) is 5.02 Å². The average Bonchev–Trinajstić information content (AvgIpc) is 2.75. The monoisotopic (exact) mass is 469 g/mol. The molecular weight excluding hydrogens is 454 g/mol. The van der Waals surface area contributed by atoms with E-state index >= 15 is 0 Å². The van der Waals surface area contributed by atoms with Crippen molar-refractivity contribution in [1.29, 1.82) is 0 Å². The maximum Gasteiger partial charge on any atom is 0.263 e. The molecule has 0 amide bonds. The first-order valence-corrected chi connectivity index (χ1v) is 11.3. The van der Waals surface area contributed by atoms with Crippen LogP contribution in [0.25, 0.3) is 11.0 Å². The van der Waals surface area contributed by atoms with E-state index in [-0.39, 0.29) is 10.7 Å². The van der Waals surface area contributed by atoms with Gasteiger partial charge in [0.1, 0.15) is 0 Å². The third-order valence-electron chi connectivity index (χ3n) is 4.21. The summed E-state index contributed by atoms with van der Waals surface area (Å²) in [5.74, 6) is 0.147. The molecule has 7 nitrogen and oxygen atoms in total. The van der Waals surface area contributed by atoms with Gasteiger partial charge in [0.25, 0.3) is 10.0 Å². The molecule has 10 heteroatoms. The first kappa shape index (κ1) is 21.0. The fourth-order valence-corrected chi connectivity index (χ4v) is 4.09. The third-order valence-corrected chi connectivity index (χ3v) is 6.04. The van der Waals surface area contributed by atoms with Crippen molar-refractivity contribution in [2.45, 2.75) is 4.90 Å². The highest BCUT2D eigenvalue weighted by Crippen LogP contribution is 2.19. The summed E-state index contributed by atoms with van der Waals surface area (Å²) in [6, 6.07) is 20.5. The number of hydrogen-bond acceptors (Lipinski definition) is 5. The minimum absolute atomic E-state index is 0.0876. The van der Waals surface area contributed by atoms with Crippen molar-refractivity contribution in [3.8, 4) is 0 Å². The second-order valence-corrected chi connectivity index (χ2v) is 8.99. The van der Waals surface area contributed by atoms with Crippen LogP contribution in [-0.2, 0) is 10.0 Å². The normalized spacial score (nSPS) is 11.1. The number of aromatic nitrogens is 2. The second kappa shape index (κ2) is 8.84. The van der Waals surface area contributed by atoms with E-state index in [9.17, 15) is 8.42 Å². The standard InChI is InChI=1S/C21H16ClN5O2S2/c22-14-5-7-15(8-6-14)24-21(30)25-16-9-11-17(12-10-16)31(28,29)27-20-13-23-18-3-1-2-4-19(18)26-20/h1-13H,(H,26,27)(H2,24,25,30). The van der Waals surface area contributed by atoms with Crippen molar-refractivity contribution >= 4 is 67.2 Å². The third kappa shape index (κ3) is 5.26. The molecule has 0 unspecified atom stereocenters. The molecule has 0 aliphatic rings. The molecule has 0 saturated heterocycles. The van der Waals surface area contributed by atoms with Crippen LogP contribution in [0.5, 0.6) is 0 Å². The fraction of sp³-hybridized carbons (Fsp3) is 0. The van der Waals surface area contributed by atoms with Crippen LogP contribution in [0, 0.1) is 0 Å². The topological polar surface area (TPSA) is 96.0 Å². The van der Waals surface area contributed by atoms with E-state index in [1.165, 1.54) is 18.3 Å². The minimum atomic E-state index is -3.82. The Morgan fingerprint density at radius 3 is 2.06 bits per heavy atom. The molecule has 4 rings (SSSR count). The second-order valence-electron chi connectivity index (χ2n) is 6.46. The predicted molar refractivity (Wildman–Crippen MR) is 128 cm³/mol. The number of para-hydroxylation sites is 2. The van der Waals surface area contributed by atoms with Crippen molar-refractivity contribution in [3.63, 3.8) is 0 Å². The van der Waals surface area contributed by atoms with Crippen LogP contribution < -0.4 is 15.4 Å². The van der Waals surface area contributed by atoms with Crippen molar-refractivity contribution in [2.75, 3.05) is 15.4 Å². The van der Waals surface area contributed by atoms with Gasteiger partial charge in [-0.25, -0.2) is 13.4 Å². The molecule has 1 heterocycles. The van der Waals surface area contributed by atoms with Crippen LogP contribution in [0.15, 0.2) is 83.9 Å². The summed E-state index contributed by atoms with van der Waals surface area (Å²) in [5, 5.41) is 7.02. The van der Waals surface area contributed by atoms with Crippen LogP contribution in [0.1, 0.15) is 0 Å². The highest BCUT2D eigenvalue weighted by Gasteiger charge is 2.15. The quantitative estimate of drug-likeness (QED) is 0.358. The van der Waals surface area contributed by atoms with Gasteiger partial charge in [0.15, 0.2) is 10.9 Å². The maximum atomic E-state index is 12.7. The lowest BCUT2D eigenvalue weighted by atomic mass is 10.3. The van der Waals surface area contributed by atoms with Gasteiger partial charge in [-0.1, -0.05) is 23.7 Å². The van der Waals surface area contributed by atoms with Crippen LogP contribution >= 0.6 is 23.8 Å². The van der Waals surface area contributed by atoms with Gasteiger partial charge in [0.05, 0.1) is 22.1 Å². The highest BCUT2D eigenvalue weighted by molar-refractivity contribution is 7.92. The molecule has 3 aromatic carbocycles. The van der Waals surface area contributed by atoms with E-state index in [1.54, 1.807) is 48.5 Å². The Labute approximate surface area is 189 Å². The number of fused-ring (bicyclic) bond motifs is 1. The molecule has 1 aromatic heterocycles. The van der Waals surface area contributed by atoms with E-state index in [2.05, 4.69) is 25.3 Å². The van der Waals surface area contributed by atoms with Gasteiger partial charge in [0.2, 0.25) is 0 Å². The van der Waals surface area contributed by atoms with Crippen molar-refractivity contribution in [3.05, 3.63) is 84.0 Å². The van der Waals surface area contributed by atoms with Crippen molar-refractivity contribution in [1.82, 2.24) is 9.97 Å². The van der Waals surface area contributed by atoms with Crippen LogP contribution in [-0.4, -0.2) is 23.5 Å². The SMILES string of the molecule is O=S(=O)(Nc1cnc2ccccc2n1)c1ccc(NC(=S)Nc2ccc(Cl)cc2)cc1. The summed E-state index contributed by atoms with van der Waals surface area (Å²) in [6.07, 6.45) is 1.39. The molecule has 0 aliphatic heterocycles. The van der Waals surface area contributed by atoms with E-state index < -0.39 is 10.0 Å². The Kier molecular flexibility index (Phi) is 5.99. The van der Waals surface area contributed by atoms with E-state index in [0.29, 0.717) is 26.9 Å². The largest absolute Gasteiger partial charge is 0.332 e. The highest BCUT2D eigenvalue weighted by atomic mass is 35.5. The van der Waals surface area contributed by atoms with E-state index in [4.69, 9.17) is 23.8 Å². The summed E-state index contributed by atoms with van der Waals surface area (Å²) in [5.41, 5.74) is 2.70. The lowest BCUT2D eigenvalue weighted by Gasteiger charge is -2.12. The van der Waals surface area contributed by atoms with Gasteiger partial charge in [-0.15, -0.1) is 0 Å². The molecule has 4 aromatic rings. The van der Waals surface area contributed by atoms with Crippen LogP contribution in [0.4, 0.5) is 17.2 Å². The molecule has 0 fully saturated rings. The van der Waals surface area contributed by atoms with Crippen molar-refractivity contribution < 1.29 is 8.42 Å². The summed E-state index contributed by atoms with van der Waals surface area (Å²) < 4.78 is 27.8. The lowest BCUT2D eigenvalue weighted by Crippen LogP contribution is -2.19. The lowest BCUT2D eigenvalue weighted by molar-refractivity contribution is 0.601. The number of nitrogens with one attached hydrogen (secondary N) is 3. The van der Waals surface area contributed by atoms with Gasteiger partial charge in [-0.2, -0.15) is 0 Å². The summed E-state index contributed by atoms with van der Waals surface area (Å²) in [4.78, 5) is 8.59. The fourth-order valence-electron chi connectivity index (χ4n) is 2.75. The molecule has 3 N–H and O–H groups in total. The Hall–Kier alpha value is -3.27. The molecule has 156 valence electrons. The Balaban J connectivity index is 1.43. The number of anilines is 3. The van der Waals surface area contributed by atoms with E-state index in [0.717, 1.165) is 5.69 Å². The van der Waals surface area contributed by atoms with Gasteiger partial charge >= 0.3 is 0 Å². The number of thiocarbonyl (C=S) groups is 1. The average molecular weight is 470 g/mol. The van der Waals surface area contributed by atoms with Gasteiger partial charge < -0.3 is 10.6 Å². The first-order chi connectivity index (χ1) is 14.9. The molecule has 0 aliphatic carbocycles. The summed E-state index contributed by atoms with van der Waals surface area (Å²) in [6.45, 7) is 0. The number of sulfonamides is 1. The zero-order chi connectivity index (χ0) is 21.8. The molecule has 31 heavy (non-hydrogen) atoms. The van der Waals surface area contributed by atoms with Crippen LogP contribution in [0.3, 0.4) is 0 Å². The molecule has 0 bridgehead atoms. The molecule has 0 spiro atoms. The molecule has 0 saturated carbocycles. The Morgan fingerprint density at radius 2 is 1.42 bits per heavy atom. The number of halogens is 1. The Morgan fingerprint density at radius 1 is 0.839 bits per heavy atom. The smallest absolute Gasteiger partial charge is 0.263 e. The van der Waals surface area contributed by atoms with Gasteiger partial charge in [-0.3, -0.25) is 9.71 Å². The minimum Gasteiger partial charge on any atom is -0.332 e. The zero-order valence-corrected chi connectivity index (χ0v) is 18.3. The van der Waals surface area contributed by atoms with E-state index in [1.807, 2.05) is 12.1 Å². The van der Waals surface area contributed by atoms with Gasteiger partial charge in [0, 0.05) is 16.4 Å². The predicted octanol–water partition coefficient (Wildman–Crippen LogP) is 4.89. The molecule has 0 radical (unpaired) electrons. The maximum absolute atomic E-state index is 12.7. The number of hydrogen-bond donors (Lipinski definition) is 3. The molecular formula is C21H16ClN5O2S2. The summed E-state index contributed by atoms with van der Waals surface area (Å²) in [7, 11) is -3.82. The number of nitrogens with zero attached hydrogens (tertiary/aromatic N) is 2. The number of benzene rings is 3. The zero-order valence-electron chi connectivity index (χ0n) is 15.9. The number of rotatable bonds is 5. The summed E-state index contributed by atoms with van der Waals surface area (Å²) >= 11 is 11.1. The van der Waals surface area contributed by atoms with Crippen molar-refractivity contribution in [2.24, 2.45) is 0 Å². The van der Waals surface area contributed by atoms with Gasteiger partial charge in [-0.05, 0) is 72.9 Å². The first-order valence-electron chi connectivity index (χ1n) is 9.07. The molecule has 0 atom stereocenters.